The first-order valence-corrected chi connectivity index (χ1v) is 8.40. The lowest BCUT2D eigenvalue weighted by molar-refractivity contribution is -0.153. The molecule has 2 aliphatic rings. The molecule has 3 rings (SSSR count). The molecule has 1 aliphatic carbocycles. The van der Waals surface area contributed by atoms with Crippen molar-refractivity contribution < 1.29 is 14.2 Å². The monoisotopic (exact) mass is 340 g/mol. The molecule has 110 valence electrons. The molecular formula is C16H21BrO3. The van der Waals surface area contributed by atoms with Crippen LogP contribution in [0.2, 0.25) is 0 Å². The fraction of sp³-hybridized carbons (Fsp3) is 0.625. The van der Waals surface area contributed by atoms with Crippen LogP contribution in [0.25, 0.3) is 0 Å². The molecule has 0 radical (unpaired) electrons. The van der Waals surface area contributed by atoms with E-state index in [4.69, 9.17) is 14.2 Å². The van der Waals surface area contributed by atoms with Crippen molar-refractivity contribution in [3.05, 3.63) is 23.8 Å². The Morgan fingerprint density at radius 2 is 2.20 bits per heavy atom. The first-order valence-electron chi connectivity index (χ1n) is 7.28. The molecule has 4 heteroatoms. The van der Waals surface area contributed by atoms with Crippen LogP contribution < -0.4 is 9.47 Å². The molecule has 1 spiro atoms. The lowest BCUT2D eigenvalue weighted by atomic mass is 9.74. The summed E-state index contributed by atoms with van der Waals surface area (Å²) in [4.78, 5) is 0. The summed E-state index contributed by atoms with van der Waals surface area (Å²) in [6, 6.07) is 6.10. The smallest absolute Gasteiger partial charge is 0.161 e. The average molecular weight is 341 g/mol. The minimum atomic E-state index is 0.114. The van der Waals surface area contributed by atoms with E-state index in [2.05, 4.69) is 28.1 Å². The summed E-state index contributed by atoms with van der Waals surface area (Å²) in [7, 11) is 1.69. The molecule has 1 aliphatic heterocycles. The highest BCUT2D eigenvalue weighted by atomic mass is 79.9. The topological polar surface area (TPSA) is 27.7 Å². The second-order valence-electron chi connectivity index (χ2n) is 5.74. The molecule has 1 heterocycles. The van der Waals surface area contributed by atoms with Crippen molar-refractivity contribution in [3.63, 3.8) is 0 Å². The Morgan fingerprint density at radius 1 is 1.35 bits per heavy atom. The van der Waals surface area contributed by atoms with Crippen LogP contribution in [0.15, 0.2) is 18.2 Å². The Hall–Kier alpha value is -0.740. The van der Waals surface area contributed by atoms with Crippen LogP contribution in [0.4, 0.5) is 0 Å². The third-order valence-electron chi connectivity index (χ3n) is 4.39. The molecule has 1 unspecified atom stereocenters. The number of methoxy groups -OCH3 is 1. The molecule has 3 nitrogen and oxygen atoms in total. The molecule has 0 N–H and O–H groups in total. The van der Waals surface area contributed by atoms with Crippen molar-refractivity contribution in [1.82, 2.24) is 0 Å². The number of benzene rings is 1. The third-order valence-corrected chi connectivity index (χ3v) is 5.04. The maximum absolute atomic E-state index is 6.23. The Bertz CT molecular complexity index is 471. The van der Waals surface area contributed by atoms with Crippen molar-refractivity contribution in [3.8, 4) is 11.5 Å². The van der Waals surface area contributed by atoms with Gasteiger partial charge in [0.15, 0.2) is 11.5 Å². The molecular weight excluding hydrogens is 320 g/mol. The minimum absolute atomic E-state index is 0.114. The number of alkyl halides is 1. The molecule has 1 atom stereocenters. The Morgan fingerprint density at radius 3 is 2.85 bits per heavy atom. The summed E-state index contributed by atoms with van der Waals surface area (Å²) < 4.78 is 17.6. The van der Waals surface area contributed by atoms with Crippen LogP contribution in [-0.4, -0.2) is 25.4 Å². The summed E-state index contributed by atoms with van der Waals surface area (Å²) in [5.41, 5.74) is 1.31. The Balaban J connectivity index is 1.73. The van der Waals surface area contributed by atoms with Gasteiger partial charge in [-0.15, -0.1) is 0 Å². The molecule has 0 amide bonds. The van der Waals surface area contributed by atoms with Gasteiger partial charge in [-0.25, -0.2) is 0 Å². The van der Waals surface area contributed by atoms with Crippen molar-refractivity contribution in [1.29, 1.82) is 0 Å². The normalized spacial score (nSPS) is 24.2. The van der Waals surface area contributed by atoms with E-state index in [1.165, 1.54) is 24.8 Å². The first kappa shape index (κ1) is 14.2. The van der Waals surface area contributed by atoms with E-state index in [0.717, 1.165) is 36.3 Å². The predicted molar refractivity (Wildman–Crippen MR) is 81.8 cm³/mol. The zero-order valence-corrected chi connectivity index (χ0v) is 13.4. The van der Waals surface area contributed by atoms with Crippen molar-refractivity contribution in [2.75, 3.05) is 13.7 Å². The van der Waals surface area contributed by atoms with E-state index in [0.29, 0.717) is 0 Å². The summed E-state index contributed by atoms with van der Waals surface area (Å²) >= 11 is 3.49. The van der Waals surface area contributed by atoms with Gasteiger partial charge in [-0.05, 0) is 37.0 Å². The second kappa shape index (κ2) is 5.94. The molecule has 0 bridgehead atoms. The largest absolute Gasteiger partial charge is 0.493 e. The molecule has 20 heavy (non-hydrogen) atoms. The van der Waals surface area contributed by atoms with Crippen LogP contribution in [0.1, 0.15) is 37.7 Å². The minimum Gasteiger partial charge on any atom is -0.493 e. The van der Waals surface area contributed by atoms with E-state index in [1.54, 1.807) is 7.11 Å². The van der Waals surface area contributed by atoms with Crippen LogP contribution >= 0.6 is 15.9 Å². The number of hydrogen-bond acceptors (Lipinski definition) is 3. The van der Waals surface area contributed by atoms with E-state index in [9.17, 15) is 0 Å². The predicted octanol–water partition coefficient (Wildman–Crippen LogP) is 4.07. The van der Waals surface area contributed by atoms with Gasteiger partial charge in [0.05, 0.1) is 19.3 Å². The summed E-state index contributed by atoms with van der Waals surface area (Å²) in [6.07, 6.45) is 5.87. The number of halogens is 1. The van der Waals surface area contributed by atoms with Gasteiger partial charge in [0.1, 0.15) is 6.10 Å². The quantitative estimate of drug-likeness (QED) is 0.773. The molecule has 1 aromatic carbocycles. The van der Waals surface area contributed by atoms with Crippen molar-refractivity contribution in [2.45, 2.75) is 49.1 Å². The van der Waals surface area contributed by atoms with Crippen LogP contribution in [0.5, 0.6) is 11.5 Å². The summed E-state index contributed by atoms with van der Waals surface area (Å²) in [5.74, 6) is 1.66. The highest BCUT2D eigenvalue weighted by Gasteiger charge is 2.43. The fourth-order valence-electron chi connectivity index (χ4n) is 3.08. The molecule has 1 saturated heterocycles. The molecule has 1 saturated carbocycles. The van der Waals surface area contributed by atoms with Gasteiger partial charge in [-0.3, -0.25) is 0 Å². The maximum Gasteiger partial charge on any atom is 0.161 e. The number of ether oxygens (including phenoxy) is 3. The van der Waals surface area contributed by atoms with Crippen LogP contribution in [0.3, 0.4) is 0 Å². The zero-order valence-electron chi connectivity index (χ0n) is 11.9. The molecule has 1 aromatic rings. The van der Waals surface area contributed by atoms with E-state index < -0.39 is 0 Å². The van der Waals surface area contributed by atoms with Gasteiger partial charge >= 0.3 is 0 Å². The maximum atomic E-state index is 6.23. The lowest BCUT2D eigenvalue weighted by Gasteiger charge is -2.46. The number of rotatable bonds is 4. The average Bonchev–Trinajstić information content (AvgIpc) is 2.46. The first-order chi connectivity index (χ1) is 9.74. The van der Waals surface area contributed by atoms with E-state index in [1.807, 2.05) is 6.07 Å². The van der Waals surface area contributed by atoms with Gasteiger partial charge < -0.3 is 14.2 Å². The fourth-order valence-corrected chi connectivity index (χ4v) is 3.43. The standard InChI is InChI=1S/C16H21BrO3/c1-18-14-4-3-12(11-17)9-15(14)20-13-5-8-19-16(10-13)6-2-7-16/h3-4,9,13H,2,5-8,10-11H2,1H3. The van der Waals surface area contributed by atoms with Crippen molar-refractivity contribution >= 4 is 15.9 Å². The van der Waals surface area contributed by atoms with Crippen LogP contribution in [0, 0.1) is 0 Å². The summed E-state index contributed by atoms with van der Waals surface area (Å²) in [6.45, 7) is 0.811. The second-order valence-corrected chi connectivity index (χ2v) is 6.30. The Kier molecular flexibility index (Phi) is 4.22. The van der Waals surface area contributed by atoms with Crippen molar-refractivity contribution in [2.24, 2.45) is 0 Å². The van der Waals surface area contributed by atoms with Gasteiger partial charge in [-0.2, -0.15) is 0 Å². The zero-order chi connectivity index (χ0) is 14.0. The number of hydrogen-bond donors (Lipinski definition) is 0. The van der Waals surface area contributed by atoms with Gasteiger partial charge in [0.2, 0.25) is 0 Å². The van der Waals surface area contributed by atoms with E-state index >= 15 is 0 Å². The van der Waals surface area contributed by atoms with Gasteiger partial charge in [0.25, 0.3) is 0 Å². The molecule has 2 fully saturated rings. The van der Waals surface area contributed by atoms with E-state index in [-0.39, 0.29) is 11.7 Å². The highest BCUT2D eigenvalue weighted by Crippen LogP contribution is 2.43. The van der Waals surface area contributed by atoms with Crippen LogP contribution in [-0.2, 0) is 10.1 Å². The lowest BCUT2D eigenvalue weighted by Crippen LogP contribution is -2.48. The summed E-state index contributed by atoms with van der Waals surface area (Å²) in [5, 5.41) is 0.824. The highest BCUT2D eigenvalue weighted by molar-refractivity contribution is 9.08. The molecule has 0 aromatic heterocycles. The van der Waals surface area contributed by atoms with Gasteiger partial charge in [0, 0.05) is 18.2 Å². The SMILES string of the molecule is COc1ccc(CBr)cc1OC1CCOC2(CCC2)C1. The Labute approximate surface area is 128 Å². The third kappa shape index (κ3) is 2.82. The van der Waals surface area contributed by atoms with Gasteiger partial charge in [-0.1, -0.05) is 22.0 Å².